The standard InChI is InChI=1S/C32H32N4O3.K.H/c1-5-6-11-29-28(31(37)36(22(4)33-29)25-17-12-20(2)21(3)18-25)19-23-13-15-24(16-14-23)26-9-7-8-10-27(26)30-34-32(38)39-35-30;;/h7-10,12-18H,5-6,11,19H2,1-4H3,(H,34,35,38);;/q;+1;-1. The number of unbranched alkanes of at least 4 members (excludes halogenated alkanes) is 1. The number of benzene rings is 3. The Kier molecular flexibility index (Phi) is 9.92. The van der Waals surface area contributed by atoms with Gasteiger partial charge in [-0.3, -0.25) is 18.9 Å². The third-order valence-corrected chi connectivity index (χ3v) is 7.21. The van der Waals surface area contributed by atoms with Crippen LogP contribution in [0.15, 0.2) is 80.8 Å². The predicted molar refractivity (Wildman–Crippen MR) is 155 cm³/mol. The van der Waals surface area contributed by atoms with E-state index in [2.05, 4.69) is 37.0 Å². The molecular weight excluding hydrogens is 527 g/mol. The fourth-order valence-corrected chi connectivity index (χ4v) is 4.91. The monoisotopic (exact) mass is 560 g/mol. The molecule has 0 aliphatic heterocycles. The van der Waals surface area contributed by atoms with E-state index in [1.54, 1.807) is 4.57 Å². The van der Waals surface area contributed by atoms with E-state index < -0.39 is 5.76 Å². The van der Waals surface area contributed by atoms with Gasteiger partial charge in [0.15, 0.2) is 5.82 Å². The number of H-pyrrole nitrogens is 1. The zero-order valence-electron chi connectivity index (χ0n) is 24.7. The van der Waals surface area contributed by atoms with Crippen LogP contribution in [0, 0.1) is 20.8 Å². The van der Waals surface area contributed by atoms with E-state index in [1.807, 2.05) is 67.6 Å². The summed E-state index contributed by atoms with van der Waals surface area (Å²) in [4.78, 5) is 33.0. The minimum Gasteiger partial charge on any atom is -1.00 e. The maximum Gasteiger partial charge on any atom is 1.00 e. The second kappa shape index (κ2) is 13.2. The molecule has 5 aromatic rings. The van der Waals surface area contributed by atoms with Crippen LogP contribution in [0.2, 0.25) is 0 Å². The van der Waals surface area contributed by atoms with Crippen molar-refractivity contribution >= 4 is 0 Å². The second-order valence-electron chi connectivity index (χ2n) is 9.96. The van der Waals surface area contributed by atoms with Gasteiger partial charge in [-0.25, -0.2) is 9.78 Å². The molecule has 200 valence electrons. The van der Waals surface area contributed by atoms with Gasteiger partial charge >= 0.3 is 57.1 Å². The Hall–Kier alpha value is -2.88. The molecule has 0 fully saturated rings. The molecule has 0 radical (unpaired) electrons. The molecule has 0 amide bonds. The fraction of sp³-hybridized carbons (Fsp3) is 0.250. The third kappa shape index (κ3) is 6.37. The van der Waals surface area contributed by atoms with Gasteiger partial charge in [0.05, 0.1) is 11.4 Å². The molecular formula is C32H33KN4O3. The first-order chi connectivity index (χ1) is 18.9. The summed E-state index contributed by atoms with van der Waals surface area (Å²) in [6, 6.07) is 21.9. The first kappa shape index (κ1) is 30.1. The molecule has 3 aromatic carbocycles. The van der Waals surface area contributed by atoms with Gasteiger partial charge in [-0.05, 0) is 73.6 Å². The van der Waals surface area contributed by atoms with Crippen LogP contribution in [-0.2, 0) is 12.8 Å². The Morgan fingerprint density at radius 1 is 0.925 bits per heavy atom. The van der Waals surface area contributed by atoms with Crippen LogP contribution in [0.5, 0.6) is 0 Å². The van der Waals surface area contributed by atoms with Crippen LogP contribution in [0.25, 0.3) is 28.2 Å². The van der Waals surface area contributed by atoms with Crippen LogP contribution in [0.3, 0.4) is 0 Å². The molecule has 2 aromatic heterocycles. The van der Waals surface area contributed by atoms with Gasteiger partial charge in [0.25, 0.3) is 5.56 Å². The van der Waals surface area contributed by atoms with Crippen LogP contribution < -0.4 is 62.7 Å². The Balaban J connectivity index is 0.00000231. The number of nitrogens with one attached hydrogen (secondary N) is 1. The normalized spacial score (nSPS) is 10.9. The van der Waals surface area contributed by atoms with Crippen molar-refractivity contribution in [3.8, 4) is 28.2 Å². The van der Waals surface area contributed by atoms with E-state index in [0.717, 1.165) is 64.0 Å². The Labute approximate surface area is 277 Å². The molecule has 0 saturated heterocycles. The van der Waals surface area contributed by atoms with Crippen LogP contribution in [-0.4, -0.2) is 19.7 Å². The fourth-order valence-electron chi connectivity index (χ4n) is 4.91. The van der Waals surface area contributed by atoms with Crippen LogP contribution in [0.1, 0.15) is 55.0 Å². The zero-order chi connectivity index (χ0) is 27.5. The van der Waals surface area contributed by atoms with Gasteiger partial charge in [0.1, 0.15) is 5.82 Å². The largest absolute Gasteiger partial charge is 1.00 e. The van der Waals surface area contributed by atoms with Gasteiger partial charge < -0.3 is 1.43 Å². The molecule has 2 heterocycles. The van der Waals surface area contributed by atoms with Crippen molar-refractivity contribution in [1.29, 1.82) is 0 Å². The quantitative estimate of drug-likeness (QED) is 0.294. The van der Waals surface area contributed by atoms with Crippen molar-refractivity contribution in [2.75, 3.05) is 0 Å². The number of hydrogen-bond acceptors (Lipinski definition) is 5. The number of hydrogen-bond donors (Lipinski definition) is 1. The van der Waals surface area contributed by atoms with Crippen molar-refractivity contribution in [2.24, 2.45) is 0 Å². The molecule has 0 aliphatic rings. The SMILES string of the molecule is CCCCc1nc(C)n(-c2ccc(C)c(C)c2)c(=O)c1Cc1ccc(-c2ccccc2-c2noc(=O)[nH]2)cc1.[H-].[K+]. The van der Waals surface area contributed by atoms with Crippen LogP contribution >= 0.6 is 0 Å². The van der Waals surface area contributed by atoms with E-state index in [0.29, 0.717) is 18.1 Å². The average molecular weight is 561 g/mol. The third-order valence-electron chi connectivity index (χ3n) is 7.21. The van der Waals surface area contributed by atoms with Gasteiger partial charge in [-0.2, -0.15) is 0 Å². The minimum atomic E-state index is -0.591. The first-order valence-corrected chi connectivity index (χ1v) is 13.3. The second-order valence-corrected chi connectivity index (χ2v) is 9.96. The van der Waals surface area contributed by atoms with Crippen molar-refractivity contribution in [3.63, 3.8) is 0 Å². The van der Waals surface area contributed by atoms with Gasteiger partial charge in [-0.1, -0.05) is 73.1 Å². The maximum atomic E-state index is 13.9. The predicted octanol–water partition coefficient (Wildman–Crippen LogP) is 3.22. The zero-order valence-corrected chi connectivity index (χ0v) is 26.9. The molecule has 0 atom stereocenters. The molecule has 1 N–H and O–H groups in total. The summed E-state index contributed by atoms with van der Waals surface area (Å²) in [7, 11) is 0. The Bertz CT molecular complexity index is 1760. The maximum absolute atomic E-state index is 13.9. The van der Waals surface area contributed by atoms with Crippen molar-refractivity contribution < 1.29 is 57.3 Å². The van der Waals surface area contributed by atoms with E-state index in [-0.39, 0.29) is 58.4 Å². The molecule has 0 unspecified atom stereocenters. The molecule has 8 heteroatoms. The summed E-state index contributed by atoms with van der Waals surface area (Å²) >= 11 is 0. The molecule has 7 nitrogen and oxygen atoms in total. The summed E-state index contributed by atoms with van der Waals surface area (Å²) in [5.41, 5.74) is 8.47. The van der Waals surface area contributed by atoms with E-state index in [4.69, 9.17) is 9.51 Å². The first-order valence-electron chi connectivity index (χ1n) is 13.3. The molecule has 5 rings (SSSR count). The number of aromatic amines is 1. The molecule has 0 bridgehead atoms. The molecule has 0 saturated carbocycles. The smallest absolute Gasteiger partial charge is 1.00 e. The summed E-state index contributed by atoms with van der Waals surface area (Å²) in [6.07, 6.45) is 3.28. The number of aryl methyl sites for hydroxylation is 4. The van der Waals surface area contributed by atoms with Crippen molar-refractivity contribution in [2.45, 2.75) is 53.4 Å². The van der Waals surface area contributed by atoms with E-state index >= 15 is 0 Å². The summed E-state index contributed by atoms with van der Waals surface area (Å²) < 4.78 is 6.45. The van der Waals surface area contributed by atoms with Crippen molar-refractivity contribution in [3.05, 3.63) is 121 Å². The number of rotatable bonds is 8. The topological polar surface area (TPSA) is 93.8 Å². The number of nitrogens with zero attached hydrogens (tertiary/aromatic N) is 3. The molecule has 0 aliphatic carbocycles. The Morgan fingerprint density at radius 3 is 2.30 bits per heavy atom. The molecule has 0 spiro atoms. The summed E-state index contributed by atoms with van der Waals surface area (Å²) in [6.45, 7) is 8.18. The van der Waals surface area contributed by atoms with Crippen LogP contribution in [0.4, 0.5) is 0 Å². The average Bonchev–Trinajstić information content (AvgIpc) is 3.37. The minimum absolute atomic E-state index is 0. The van der Waals surface area contributed by atoms with E-state index in [9.17, 15) is 9.59 Å². The molecule has 40 heavy (non-hydrogen) atoms. The summed E-state index contributed by atoms with van der Waals surface area (Å²) in [5.74, 6) is 0.501. The van der Waals surface area contributed by atoms with Gasteiger partial charge in [-0.15, -0.1) is 0 Å². The Morgan fingerprint density at radius 2 is 1.65 bits per heavy atom. The van der Waals surface area contributed by atoms with Crippen molar-refractivity contribution in [1.82, 2.24) is 19.7 Å². The van der Waals surface area contributed by atoms with E-state index in [1.165, 1.54) is 5.56 Å². The van der Waals surface area contributed by atoms with Gasteiger partial charge in [0.2, 0.25) is 0 Å². The summed E-state index contributed by atoms with van der Waals surface area (Å²) in [5, 5.41) is 3.85. The number of aromatic nitrogens is 4. The van der Waals surface area contributed by atoms with Gasteiger partial charge in [0, 0.05) is 17.5 Å².